The Balaban J connectivity index is 1.85. The second kappa shape index (κ2) is 9.83. The van der Waals surface area contributed by atoms with Crippen LogP contribution in [0.5, 0.6) is 11.5 Å². The maximum Gasteiger partial charge on any atom is 0.258 e. The van der Waals surface area contributed by atoms with Gasteiger partial charge in [-0.05, 0) is 37.3 Å². The van der Waals surface area contributed by atoms with E-state index in [1.807, 2.05) is 31.2 Å². The Bertz CT molecular complexity index is 793. The molecule has 0 spiro atoms. The number of ether oxygens (including phenoxy) is 2. The van der Waals surface area contributed by atoms with Crippen LogP contribution in [-0.2, 0) is 9.59 Å². The predicted octanol–water partition coefficient (Wildman–Crippen LogP) is 3.21. The Morgan fingerprint density at radius 1 is 1.15 bits per heavy atom. The third kappa shape index (κ3) is 6.18. The smallest absolute Gasteiger partial charge is 0.258 e. The van der Waals surface area contributed by atoms with Crippen molar-refractivity contribution in [1.82, 2.24) is 5.32 Å². The predicted molar refractivity (Wildman–Crippen MR) is 106 cm³/mol. The highest BCUT2D eigenvalue weighted by molar-refractivity contribution is 6.32. The van der Waals surface area contributed by atoms with Crippen LogP contribution < -0.4 is 19.7 Å². The zero-order valence-corrected chi connectivity index (χ0v) is 16.4. The van der Waals surface area contributed by atoms with E-state index in [2.05, 4.69) is 5.32 Å². The molecule has 0 atom stereocenters. The summed E-state index contributed by atoms with van der Waals surface area (Å²) in [6, 6.07) is 12.6. The molecule has 2 aromatic carbocycles. The molecular formula is C20H23ClN2O4. The van der Waals surface area contributed by atoms with Crippen LogP contribution in [0.4, 0.5) is 5.69 Å². The van der Waals surface area contributed by atoms with Gasteiger partial charge in [0.05, 0.1) is 12.1 Å². The third-order valence-corrected chi connectivity index (χ3v) is 4.17. The van der Waals surface area contributed by atoms with E-state index in [1.165, 1.54) is 18.9 Å². The molecular weight excluding hydrogens is 368 g/mol. The van der Waals surface area contributed by atoms with Gasteiger partial charge in [0.25, 0.3) is 5.91 Å². The van der Waals surface area contributed by atoms with Crippen LogP contribution in [0.1, 0.15) is 12.5 Å². The summed E-state index contributed by atoms with van der Waals surface area (Å²) in [5.74, 6) is 0.757. The van der Waals surface area contributed by atoms with E-state index in [0.717, 1.165) is 5.56 Å². The van der Waals surface area contributed by atoms with Crippen LogP contribution in [0.2, 0.25) is 5.02 Å². The molecule has 7 heteroatoms. The van der Waals surface area contributed by atoms with Crippen LogP contribution >= 0.6 is 11.6 Å². The molecule has 0 aromatic heterocycles. The molecule has 2 amide bonds. The SMILES string of the molecule is COc1ccc(N(CCNC(=O)COc2ccc(C)cc2)C(C)=O)cc1Cl. The minimum absolute atomic E-state index is 0.0858. The number of halogens is 1. The number of nitrogens with one attached hydrogen (secondary N) is 1. The quantitative estimate of drug-likeness (QED) is 0.751. The second-order valence-electron chi connectivity index (χ2n) is 5.94. The lowest BCUT2D eigenvalue weighted by atomic mass is 10.2. The van der Waals surface area contributed by atoms with Crippen molar-refractivity contribution >= 4 is 29.1 Å². The molecule has 27 heavy (non-hydrogen) atoms. The van der Waals surface area contributed by atoms with Crippen molar-refractivity contribution in [3.05, 3.63) is 53.1 Å². The number of aryl methyl sites for hydroxylation is 1. The molecule has 0 radical (unpaired) electrons. The van der Waals surface area contributed by atoms with Gasteiger partial charge < -0.3 is 19.7 Å². The molecule has 0 bridgehead atoms. The van der Waals surface area contributed by atoms with Crippen molar-refractivity contribution in [2.45, 2.75) is 13.8 Å². The number of carbonyl (C=O) groups is 2. The first kappa shape index (κ1) is 20.6. The summed E-state index contributed by atoms with van der Waals surface area (Å²) in [5, 5.41) is 3.15. The first-order chi connectivity index (χ1) is 12.9. The largest absolute Gasteiger partial charge is 0.495 e. The third-order valence-electron chi connectivity index (χ3n) is 3.88. The number of hydrogen-bond donors (Lipinski definition) is 1. The summed E-state index contributed by atoms with van der Waals surface area (Å²) in [7, 11) is 1.53. The molecule has 0 saturated heterocycles. The molecule has 0 aliphatic heterocycles. The number of anilines is 1. The molecule has 0 aliphatic carbocycles. The molecule has 0 unspecified atom stereocenters. The van der Waals surface area contributed by atoms with Crippen molar-refractivity contribution in [3.8, 4) is 11.5 Å². The van der Waals surface area contributed by atoms with Crippen molar-refractivity contribution in [2.24, 2.45) is 0 Å². The Morgan fingerprint density at radius 2 is 1.85 bits per heavy atom. The van der Waals surface area contributed by atoms with Crippen molar-refractivity contribution in [3.63, 3.8) is 0 Å². The minimum atomic E-state index is -0.258. The first-order valence-electron chi connectivity index (χ1n) is 8.48. The lowest BCUT2D eigenvalue weighted by Crippen LogP contribution is -2.39. The van der Waals surface area contributed by atoms with Gasteiger partial charge in [-0.3, -0.25) is 9.59 Å². The van der Waals surface area contributed by atoms with Gasteiger partial charge in [-0.15, -0.1) is 0 Å². The maximum atomic E-state index is 11.9. The van der Waals surface area contributed by atoms with Gasteiger partial charge in [0.2, 0.25) is 5.91 Å². The number of rotatable bonds is 8. The summed E-state index contributed by atoms with van der Waals surface area (Å²) in [6.07, 6.45) is 0. The van der Waals surface area contributed by atoms with Crippen molar-refractivity contribution in [2.75, 3.05) is 31.7 Å². The second-order valence-corrected chi connectivity index (χ2v) is 6.35. The summed E-state index contributed by atoms with van der Waals surface area (Å²) < 4.78 is 10.5. The number of methoxy groups -OCH3 is 1. The van der Waals surface area contributed by atoms with Crippen LogP contribution in [-0.4, -0.2) is 38.6 Å². The van der Waals surface area contributed by atoms with E-state index < -0.39 is 0 Å². The van der Waals surface area contributed by atoms with E-state index in [0.29, 0.717) is 35.3 Å². The van der Waals surface area contributed by atoms with E-state index in [-0.39, 0.29) is 18.4 Å². The van der Waals surface area contributed by atoms with Gasteiger partial charge in [0.1, 0.15) is 11.5 Å². The Kier molecular flexibility index (Phi) is 7.49. The highest BCUT2D eigenvalue weighted by atomic mass is 35.5. The van der Waals surface area contributed by atoms with Gasteiger partial charge >= 0.3 is 0 Å². The summed E-state index contributed by atoms with van der Waals surface area (Å²) in [6.45, 7) is 3.96. The molecule has 1 N–H and O–H groups in total. The van der Waals surface area contributed by atoms with Crippen LogP contribution in [0.25, 0.3) is 0 Å². The maximum absolute atomic E-state index is 11.9. The minimum Gasteiger partial charge on any atom is -0.495 e. The topological polar surface area (TPSA) is 67.9 Å². The van der Waals surface area contributed by atoms with Crippen molar-refractivity contribution in [1.29, 1.82) is 0 Å². The Hall–Kier alpha value is -2.73. The van der Waals surface area contributed by atoms with Gasteiger partial charge in [0, 0.05) is 25.7 Å². The van der Waals surface area contributed by atoms with E-state index in [1.54, 1.807) is 18.2 Å². The van der Waals surface area contributed by atoms with Gasteiger partial charge in [-0.2, -0.15) is 0 Å². The number of benzene rings is 2. The summed E-state index contributed by atoms with van der Waals surface area (Å²) >= 11 is 6.12. The fraction of sp³-hybridized carbons (Fsp3) is 0.300. The number of nitrogens with zero attached hydrogens (tertiary/aromatic N) is 1. The van der Waals surface area contributed by atoms with Gasteiger partial charge in [0.15, 0.2) is 6.61 Å². The van der Waals surface area contributed by atoms with Crippen LogP contribution in [0.3, 0.4) is 0 Å². The molecule has 0 fully saturated rings. The fourth-order valence-electron chi connectivity index (χ4n) is 2.43. The Labute approximate surface area is 164 Å². The molecule has 0 heterocycles. The molecule has 144 valence electrons. The molecule has 0 saturated carbocycles. The number of hydrogen-bond acceptors (Lipinski definition) is 4. The zero-order valence-electron chi connectivity index (χ0n) is 15.6. The zero-order chi connectivity index (χ0) is 19.8. The lowest BCUT2D eigenvalue weighted by molar-refractivity contribution is -0.123. The normalized spacial score (nSPS) is 10.2. The average molecular weight is 391 g/mol. The Morgan fingerprint density at radius 3 is 2.44 bits per heavy atom. The standard InChI is InChI=1S/C20H23ClN2O4/c1-14-4-7-17(8-5-14)27-13-20(25)22-10-11-23(15(2)24)16-6-9-19(26-3)18(21)12-16/h4-9,12H,10-11,13H2,1-3H3,(H,22,25). The average Bonchev–Trinajstić information content (AvgIpc) is 2.64. The molecule has 6 nitrogen and oxygen atoms in total. The van der Waals surface area contributed by atoms with Crippen molar-refractivity contribution < 1.29 is 19.1 Å². The van der Waals surface area contributed by atoms with E-state index in [4.69, 9.17) is 21.1 Å². The summed E-state index contributed by atoms with van der Waals surface area (Å²) in [4.78, 5) is 25.4. The molecule has 2 rings (SSSR count). The van der Waals surface area contributed by atoms with Gasteiger partial charge in [-0.25, -0.2) is 0 Å². The van der Waals surface area contributed by atoms with E-state index in [9.17, 15) is 9.59 Å². The van der Waals surface area contributed by atoms with Crippen LogP contribution in [0.15, 0.2) is 42.5 Å². The molecule has 0 aliphatic rings. The summed E-state index contributed by atoms with van der Waals surface area (Å²) in [5.41, 5.74) is 1.76. The number of carbonyl (C=O) groups excluding carboxylic acids is 2. The van der Waals surface area contributed by atoms with Crippen LogP contribution in [0, 0.1) is 6.92 Å². The first-order valence-corrected chi connectivity index (χ1v) is 8.86. The lowest BCUT2D eigenvalue weighted by Gasteiger charge is -2.22. The highest BCUT2D eigenvalue weighted by Gasteiger charge is 2.14. The van der Waals surface area contributed by atoms with Gasteiger partial charge in [-0.1, -0.05) is 29.3 Å². The number of amides is 2. The highest BCUT2D eigenvalue weighted by Crippen LogP contribution is 2.29. The monoisotopic (exact) mass is 390 g/mol. The molecule has 2 aromatic rings. The fourth-order valence-corrected chi connectivity index (χ4v) is 2.69. The van der Waals surface area contributed by atoms with E-state index >= 15 is 0 Å².